The molecule has 0 aliphatic carbocycles. The molecule has 0 radical (unpaired) electrons. The van der Waals surface area contributed by atoms with Crippen LogP contribution >= 0.6 is 0 Å². The van der Waals surface area contributed by atoms with Gasteiger partial charge in [-0.05, 0) is 26.0 Å². The third-order valence-corrected chi connectivity index (χ3v) is 4.70. The van der Waals surface area contributed by atoms with Crippen LogP contribution in [0.2, 0.25) is 0 Å². The van der Waals surface area contributed by atoms with Crippen LogP contribution in [0.5, 0.6) is 0 Å². The van der Waals surface area contributed by atoms with Crippen molar-refractivity contribution in [1.82, 2.24) is 15.2 Å². The molecule has 7 heteroatoms. The molecule has 0 fully saturated rings. The number of hydrogen-bond acceptors (Lipinski definition) is 4. The summed E-state index contributed by atoms with van der Waals surface area (Å²) < 4.78 is 27.9. The number of aryl methyl sites for hydroxylation is 2. The van der Waals surface area contributed by atoms with E-state index < -0.39 is 10.0 Å². The van der Waals surface area contributed by atoms with Crippen molar-refractivity contribution in [3.05, 3.63) is 48.0 Å². The van der Waals surface area contributed by atoms with Gasteiger partial charge in [0.25, 0.3) is 10.0 Å². The fourth-order valence-electron chi connectivity index (χ4n) is 2.22. The van der Waals surface area contributed by atoms with E-state index in [-0.39, 0.29) is 4.90 Å². The van der Waals surface area contributed by atoms with Gasteiger partial charge in [0.15, 0.2) is 0 Å². The van der Waals surface area contributed by atoms with E-state index in [1.165, 1.54) is 0 Å². The zero-order valence-electron chi connectivity index (χ0n) is 11.6. The van der Waals surface area contributed by atoms with Gasteiger partial charge in [-0.15, -0.1) is 0 Å². The molecule has 0 bridgehead atoms. The monoisotopic (exact) mass is 302 g/mol. The summed E-state index contributed by atoms with van der Waals surface area (Å²) in [6, 6.07) is 6.80. The van der Waals surface area contributed by atoms with E-state index in [1.54, 1.807) is 44.4 Å². The van der Waals surface area contributed by atoms with Crippen LogP contribution in [0.15, 0.2) is 41.6 Å². The van der Waals surface area contributed by atoms with E-state index in [2.05, 4.69) is 19.9 Å². The minimum atomic E-state index is -3.69. The molecule has 0 saturated carbocycles. The van der Waals surface area contributed by atoms with Crippen molar-refractivity contribution in [3.63, 3.8) is 0 Å². The Balaban J connectivity index is 2.13. The zero-order valence-corrected chi connectivity index (χ0v) is 12.4. The van der Waals surface area contributed by atoms with Gasteiger partial charge in [0.2, 0.25) is 0 Å². The molecule has 0 amide bonds. The van der Waals surface area contributed by atoms with Gasteiger partial charge in [0.05, 0.1) is 22.0 Å². The summed E-state index contributed by atoms with van der Waals surface area (Å²) in [4.78, 5) is 4.23. The predicted octanol–water partition coefficient (Wildman–Crippen LogP) is 2.38. The Kier molecular flexibility index (Phi) is 3.13. The molecular weight excluding hydrogens is 288 g/mol. The van der Waals surface area contributed by atoms with Crippen LogP contribution in [0, 0.1) is 13.8 Å². The van der Waals surface area contributed by atoms with Crippen LogP contribution < -0.4 is 4.72 Å². The molecule has 2 aromatic heterocycles. The normalized spacial score (nSPS) is 11.7. The highest BCUT2D eigenvalue weighted by molar-refractivity contribution is 7.93. The van der Waals surface area contributed by atoms with E-state index in [1.807, 2.05) is 6.07 Å². The molecule has 0 unspecified atom stereocenters. The third-order valence-electron chi connectivity index (χ3n) is 3.29. The molecule has 2 heterocycles. The average molecular weight is 302 g/mol. The molecule has 0 aliphatic heterocycles. The molecule has 3 aromatic rings. The molecule has 2 N–H and O–H groups in total. The second-order valence-electron chi connectivity index (χ2n) is 4.77. The number of fused-ring (bicyclic) bond motifs is 1. The van der Waals surface area contributed by atoms with Crippen molar-refractivity contribution in [2.24, 2.45) is 0 Å². The van der Waals surface area contributed by atoms with Crippen LogP contribution in [-0.4, -0.2) is 23.6 Å². The molecule has 0 aliphatic rings. The molecule has 0 atom stereocenters. The summed E-state index contributed by atoms with van der Waals surface area (Å²) in [5.74, 6) is 0. The van der Waals surface area contributed by atoms with E-state index in [4.69, 9.17) is 0 Å². The van der Waals surface area contributed by atoms with Crippen molar-refractivity contribution >= 4 is 26.5 Å². The Hall–Kier alpha value is -2.41. The summed E-state index contributed by atoms with van der Waals surface area (Å²) >= 11 is 0. The number of anilines is 1. The first-order chi connectivity index (χ1) is 9.99. The quantitative estimate of drug-likeness (QED) is 0.777. The van der Waals surface area contributed by atoms with Crippen molar-refractivity contribution < 1.29 is 8.42 Å². The molecule has 108 valence electrons. The van der Waals surface area contributed by atoms with Crippen molar-refractivity contribution in [2.75, 3.05) is 4.72 Å². The average Bonchev–Trinajstić information content (AvgIpc) is 2.78. The first kappa shape index (κ1) is 13.6. The standard InChI is InChI=1S/C14H14N4O2S/c1-9-14(10(2)17-16-9)18-21(19,20)13-5-3-4-11-8-15-7-6-12(11)13/h3-8,18H,1-2H3,(H,16,17). The van der Waals surface area contributed by atoms with Gasteiger partial charge in [0.1, 0.15) is 0 Å². The number of nitrogens with zero attached hydrogens (tertiary/aromatic N) is 2. The fraction of sp³-hybridized carbons (Fsp3) is 0.143. The van der Waals surface area contributed by atoms with Gasteiger partial charge in [-0.2, -0.15) is 5.10 Å². The highest BCUT2D eigenvalue weighted by Gasteiger charge is 2.20. The van der Waals surface area contributed by atoms with Gasteiger partial charge in [0, 0.05) is 23.2 Å². The predicted molar refractivity (Wildman–Crippen MR) is 80.6 cm³/mol. The number of nitrogens with one attached hydrogen (secondary N) is 2. The zero-order chi connectivity index (χ0) is 15.0. The Morgan fingerprint density at radius 1 is 1.19 bits per heavy atom. The summed E-state index contributed by atoms with van der Waals surface area (Å²) in [5, 5.41) is 8.17. The number of aromatic amines is 1. The number of rotatable bonds is 3. The lowest BCUT2D eigenvalue weighted by Gasteiger charge is -2.10. The van der Waals surface area contributed by atoms with E-state index in [9.17, 15) is 8.42 Å². The van der Waals surface area contributed by atoms with Crippen molar-refractivity contribution in [3.8, 4) is 0 Å². The van der Waals surface area contributed by atoms with Gasteiger partial charge in [-0.25, -0.2) is 8.42 Å². The summed E-state index contributed by atoms with van der Waals surface area (Å²) in [6.07, 6.45) is 3.22. The number of aromatic nitrogens is 3. The molecule has 3 rings (SSSR count). The van der Waals surface area contributed by atoms with Crippen LogP contribution in [0.1, 0.15) is 11.4 Å². The van der Waals surface area contributed by atoms with Crippen molar-refractivity contribution in [2.45, 2.75) is 18.7 Å². The van der Waals surface area contributed by atoms with Crippen LogP contribution in [-0.2, 0) is 10.0 Å². The number of benzene rings is 1. The Bertz CT molecular complexity index is 891. The minimum absolute atomic E-state index is 0.224. The van der Waals surface area contributed by atoms with E-state index in [0.717, 1.165) is 5.39 Å². The maximum absolute atomic E-state index is 12.6. The number of H-pyrrole nitrogens is 1. The van der Waals surface area contributed by atoms with Crippen LogP contribution in [0.3, 0.4) is 0 Å². The number of pyridine rings is 1. The van der Waals surface area contributed by atoms with Gasteiger partial charge in [-0.1, -0.05) is 12.1 Å². The topological polar surface area (TPSA) is 87.7 Å². The SMILES string of the molecule is Cc1n[nH]c(C)c1NS(=O)(=O)c1cccc2cnccc12. The molecule has 0 saturated heterocycles. The fourth-order valence-corrected chi connectivity index (χ4v) is 3.63. The smallest absolute Gasteiger partial charge is 0.262 e. The van der Waals surface area contributed by atoms with E-state index in [0.29, 0.717) is 22.5 Å². The number of hydrogen-bond donors (Lipinski definition) is 2. The van der Waals surface area contributed by atoms with E-state index >= 15 is 0 Å². The maximum atomic E-state index is 12.6. The number of sulfonamides is 1. The summed E-state index contributed by atoms with van der Waals surface area (Å²) in [7, 11) is -3.69. The highest BCUT2D eigenvalue weighted by Crippen LogP contribution is 2.26. The lowest BCUT2D eigenvalue weighted by molar-refractivity contribution is 0.602. The lowest BCUT2D eigenvalue weighted by atomic mass is 10.2. The van der Waals surface area contributed by atoms with Crippen LogP contribution in [0.25, 0.3) is 10.8 Å². The summed E-state index contributed by atoms with van der Waals surface area (Å²) in [6.45, 7) is 3.51. The molecule has 21 heavy (non-hydrogen) atoms. The third kappa shape index (κ3) is 2.36. The Labute approximate surface area is 122 Å². The van der Waals surface area contributed by atoms with Gasteiger partial charge < -0.3 is 0 Å². The largest absolute Gasteiger partial charge is 0.280 e. The maximum Gasteiger partial charge on any atom is 0.262 e. The van der Waals surface area contributed by atoms with Gasteiger partial charge in [-0.3, -0.25) is 14.8 Å². The lowest BCUT2D eigenvalue weighted by Crippen LogP contribution is -2.14. The molecule has 1 aromatic carbocycles. The second kappa shape index (κ2) is 4.85. The Morgan fingerprint density at radius 3 is 2.71 bits per heavy atom. The molecular formula is C14H14N4O2S. The summed E-state index contributed by atoms with van der Waals surface area (Å²) in [5.41, 5.74) is 1.78. The first-order valence-electron chi connectivity index (χ1n) is 6.36. The molecule has 6 nitrogen and oxygen atoms in total. The highest BCUT2D eigenvalue weighted by atomic mass is 32.2. The molecule has 0 spiro atoms. The second-order valence-corrected chi connectivity index (χ2v) is 6.42. The van der Waals surface area contributed by atoms with Crippen LogP contribution in [0.4, 0.5) is 5.69 Å². The first-order valence-corrected chi connectivity index (χ1v) is 7.84. The van der Waals surface area contributed by atoms with Crippen molar-refractivity contribution in [1.29, 1.82) is 0 Å². The Morgan fingerprint density at radius 2 is 2.00 bits per heavy atom. The minimum Gasteiger partial charge on any atom is -0.280 e. The van der Waals surface area contributed by atoms with Gasteiger partial charge >= 0.3 is 0 Å².